The highest BCUT2D eigenvalue weighted by Crippen LogP contribution is 2.38. The molecule has 3 nitrogen and oxygen atoms in total. The fourth-order valence-corrected chi connectivity index (χ4v) is 4.15. The maximum Gasteiger partial charge on any atom is 0.254 e. The molecule has 3 heteroatoms. The summed E-state index contributed by atoms with van der Waals surface area (Å²) < 4.78 is 0. The van der Waals surface area contributed by atoms with E-state index in [9.17, 15) is 4.79 Å². The van der Waals surface area contributed by atoms with Crippen molar-refractivity contribution >= 4 is 5.91 Å². The van der Waals surface area contributed by atoms with Gasteiger partial charge >= 0.3 is 0 Å². The molecule has 3 atom stereocenters. The van der Waals surface area contributed by atoms with Gasteiger partial charge in [0.15, 0.2) is 0 Å². The van der Waals surface area contributed by atoms with E-state index in [0.717, 1.165) is 36.2 Å². The van der Waals surface area contributed by atoms with E-state index in [4.69, 9.17) is 5.73 Å². The Hall–Kier alpha value is -1.35. The zero-order valence-corrected chi connectivity index (χ0v) is 12.6. The van der Waals surface area contributed by atoms with Crippen LogP contribution in [0.5, 0.6) is 0 Å². The second-order valence-electron chi connectivity index (χ2n) is 6.65. The first-order valence-electron chi connectivity index (χ1n) is 7.60. The number of hydrogen-bond acceptors (Lipinski definition) is 2. The van der Waals surface area contributed by atoms with Crippen LogP contribution >= 0.6 is 0 Å². The number of carbonyl (C=O) groups is 1. The topological polar surface area (TPSA) is 46.3 Å². The quantitative estimate of drug-likeness (QED) is 0.853. The molecule has 1 saturated heterocycles. The van der Waals surface area contributed by atoms with Crippen LogP contribution in [0.2, 0.25) is 0 Å². The molecule has 1 aromatic rings. The average Bonchev–Trinajstić information content (AvgIpc) is 2.90. The smallest absolute Gasteiger partial charge is 0.254 e. The first-order valence-corrected chi connectivity index (χ1v) is 7.60. The van der Waals surface area contributed by atoms with E-state index in [1.54, 1.807) is 0 Å². The minimum absolute atomic E-state index is 0.196. The Bertz CT molecular complexity index is 529. The van der Waals surface area contributed by atoms with Gasteiger partial charge in [-0.3, -0.25) is 4.79 Å². The molecule has 0 spiro atoms. The van der Waals surface area contributed by atoms with E-state index in [1.165, 1.54) is 12.0 Å². The molecule has 1 amide bonds. The van der Waals surface area contributed by atoms with Crippen molar-refractivity contribution in [1.82, 2.24) is 4.90 Å². The largest absolute Gasteiger partial charge is 0.338 e. The van der Waals surface area contributed by atoms with Crippen LogP contribution in [0.4, 0.5) is 0 Å². The molecular formula is C17H24N2O. The van der Waals surface area contributed by atoms with E-state index < -0.39 is 0 Å². The first kappa shape index (κ1) is 13.6. The highest BCUT2D eigenvalue weighted by molar-refractivity contribution is 5.97. The number of carbonyl (C=O) groups excluding carboxylic acids is 1. The van der Waals surface area contributed by atoms with Gasteiger partial charge in [0.1, 0.15) is 0 Å². The van der Waals surface area contributed by atoms with Crippen LogP contribution in [0.25, 0.3) is 0 Å². The standard InChI is InChI=1S/C17H24N2O/c1-10-6-11(2)16(12(3)7-10)17(20)19-8-13-4-5-15(18)14(13)9-19/h6-7,13-15H,4-5,8-9,18H2,1-3H3. The highest BCUT2D eigenvalue weighted by Gasteiger charge is 2.42. The second-order valence-corrected chi connectivity index (χ2v) is 6.65. The molecular weight excluding hydrogens is 248 g/mol. The first-order chi connectivity index (χ1) is 9.47. The molecule has 1 saturated carbocycles. The summed E-state index contributed by atoms with van der Waals surface area (Å²) in [5, 5.41) is 0. The maximum absolute atomic E-state index is 12.8. The SMILES string of the molecule is Cc1cc(C)c(C(=O)N2CC3CCC(N)C3C2)c(C)c1. The van der Waals surface area contributed by atoms with Crippen molar-refractivity contribution in [2.24, 2.45) is 17.6 Å². The Kier molecular flexibility index (Phi) is 3.33. The molecule has 0 aromatic heterocycles. The van der Waals surface area contributed by atoms with Crippen LogP contribution in [0, 0.1) is 32.6 Å². The molecule has 2 aliphatic rings. The highest BCUT2D eigenvalue weighted by atomic mass is 16.2. The Balaban J connectivity index is 1.84. The fourth-order valence-electron chi connectivity index (χ4n) is 4.15. The van der Waals surface area contributed by atoms with Crippen LogP contribution in [-0.4, -0.2) is 29.9 Å². The van der Waals surface area contributed by atoms with Gasteiger partial charge in [0.05, 0.1) is 0 Å². The van der Waals surface area contributed by atoms with Gasteiger partial charge in [-0.1, -0.05) is 17.7 Å². The number of benzene rings is 1. The number of amides is 1. The molecule has 2 fully saturated rings. The fraction of sp³-hybridized carbons (Fsp3) is 0.588. The van der Waals surface area contributed by atoms with Gasteiger partial charge in [-0.2, -0.15) is 0 Å². The predicted molar refractivity (Wildman–Crippen MR) is 80.7 cm³/mol. The summed E-state index contributed by atoms with van der Waals surface area (Å²) in [5.74, 6) is 1.34. The van der Waals surface area contributed by atoms with Crippen LogP contribution in [0.15, 0.2) is 12.1 Å². The minimum Gasteiger partial charge on any atom is -0.338 e. The Labute approximate surface area is 121 Å². The molecule has 20 heavy (non-hydrogen) atoms. The Morgan fingerprint density at radius 1 is 1.15 bits per heavy atom. The van der Waals surface area contributed by atoms with Gasteiger partial charge in [-0.25, -0.2) is 0 Å². The lowest BCUT2D eigenvalue weighted by Crippen LogP contribution is -2.34. The monoisotopic (exact) mass is 272 g/mol. The molecule has 108 valence electrons. The number of hydrogen-bond donors (Lipinski definition) is 1. The number of fused-ring (bicyclic) bond motifs is 1. The third kappa shape index (κ3) is 2.14. The van der Waals surface area contributed by atoms with Crippen molar-refractivity contribution in [1.29, 1.82) is 0 Å². The van der Waals surface area contributed by atoms with Crippen molar-refractivity contribution in [3.8, 4) is 0 Å². The summed E-state index contributed by atoms with van der Waals surface area (Å²) in [4.78, 5) is 14.8. The van der Waals surface area contributed by atoms with E-state index >= 15 is 0 Å². The van der Waals surface area contributed by atoms with Gasteiger partial charge in [-0.15, -0.1) is 0 Å². The van der Waals surface area contributed by atoms with E-state index in [0.29, 0.717) is 11.8 Å². The van der Waals surface area contributed by atoms with Crippen molar-refractivity contribution in [2.45, 2.75) is 39.7 Å². The van der Waals surface area contributed by atoms with Crippen LogP contribution in [-0.2, 0) is 0 Å². The summed E-state index contributed by atoms with van der Waals surface area (Å²) >= 11 is 0. The molecule has 0 bridgehead atoms. The van der Waals surface area contributed by atoms with E-state index in [1.807, 2.05) is 18.7 Å². The third-order valence-corrected chi connectivity index (χ3v) is 5.09. The average molecular weight is 272 g/mol. The molecule has 2 N–H and O–H groups in total. The van der Waals surface area contributed by atoms with Crippen LogP contribution < -0.4 is 5.73 Å². The number of rotatable bonds is 1. The zero-order chi connectivity index (χ0) is 14.4. The molecule has 3 unspecified atom stereocenters. The Morgan fingerprint density at radius 3 is 2.40 bits per heavy atom. The van der Waals surface area contributed by atoms with E-state index in [-0.39, 0.29) is 11.9 Å². The summed E-state index contributed by atoms with van der Waals surface area (Å²) in [6.45, 7) is 7.89. The molecule has 1 aliphatic heterocycles. The zero-order valence-electron chi connectivity index (χ0n) is 12.6. The molecule has 0 radical (unpaired) electrons. The number of likely N-dealkylation sites (tertiary alicyclic amines) is 1. The summed E-state index contributed by atoms with van der Waals surface area (Å²) in [6.07, 6.45) is 2.31. The summed E-state index contributed by atoms with van der Waals surface area (Å²) in [6, 6.07) is 4.49. The molecule has 1 aliphatic carbocycles. The normalized spacial score (nSPS) is 28.8. The van der Waals surface area contributed by atoms with Gasteiger partial charge in [0.25, 0.3) is 5.91 Å². The van der Waals surface area contributed by atoms with Gasteiger partial charge in [0.2, 0.25) is 0 Å². The maximum atomic E-state index is 12.8. The third-order valence-electron chi connectivity index (χ3n) is 5.09. The number of nitrogens with zero attached hydrogens (tertiary/aromatic N) is 1. The molecule has 3 rings (SSSR count). The van der Waals surface area contributed by atoms with Crippen LogP contribution in [0.3, 0.4) is 0 Å². The second kappa shape index (κ2) is 4.88. The van der Waals surface area contributed by atoms with E-state index in [2.05, 4.69) is 19.1 Å². The van der Waals surface area contributed by atoms with Gasteiger partial charge < -0.3 is 10.6 Å². The lowest BCUT2D eigenvalue weighted by molar-refractivity contribution is 0.0778. The summed E-state index contributed by atoms with van der Waals surface area (Å²) in [5.41, 5.74) is 10.5. The number of aryl methyl sites for hydroxylation is 3. The van der Waals surface area contributed by atoms with Crippen molar-refractivity contribution in [2.75, 3.05) is 13.1 Å². The lowest BCUT2D eigenvalue weighted by Gasteiger charge is -2.21. The Morgan fingerprint density at radius 2 is 1.80 bits per heavy atom. The lowest BCUT2D eigenvalue weighted by atomic mass is 9.98. The van der Waals surface area contributed by atoms with Gasteiger partial charge in [-0.05, 0) is 56.6 Å². The molecule has 1 aromatic carbocycles. The number of nitrogens with two attached hydrogens (primary N) is 1. The molecule has 1 heterocycles. The summed E-state index contributed by atoms with van der Waals surface area (Å²) in [7, 11) is 0. The van der Waals surface area contributed by atoms with Gasteiger partial charge in [0, 0.05) is 24.7 Å². The van der Waals surface area contributed by atoms with Crippen molar-refractivity contribution < 1.29 is 4.79 Å². The minimum atomic E-state index is 0.196. The van der Waals surface area contributed by atoms with Crippen molar-refractivity contribution in [3.63, 3.8) is 0 Å². The van der Waals surface area contributed by atoms with Crippen LogP contribution in [0.1, 0.15) is 39.9 Å². The van der Waals surface area contributed by atoms with Crippen molar-refractivity contribution in [3.05, 3.63) is 34.4 Å². The predicted octanol–water partition coefficient (Wildman–Crippen LogP) is 2.42.